The molecule has 0 aliphatic carbocycles. The molecule has 0 bridgehead atoms. The van der Waals surface area contributed by atoms with Crippen LogP contribution >= 0.6 is 0 Å². The van der Waals surface area contributed by atoms with Crippen molar-refractivity contribution in [2.24, 2.45) is 5.92 Å². The number of esters is 1. The number of carbonyl (C=O) groups excluding carboxylic acids is 2. The lowest BCUT2D eigenvalue weighted by Crippen LogP contribution is -2.42. The third-order valence-electron chi connectivity index (χ3n) is 3.45. The molecule has 7 heteroatoms. The fraction of sp³-hybridized carbons (Fsp3) is 0.474. The minimum atomic E-state index is -0.734. The van der Waals surface area contributed by atoms with Gasteiger partial charge in [0.15, 0.2) is 12.3 Å². The van der Waals surface area contributed by atoms with E-state index < -0.39 is 24.0 Å². The van der Waals surface area contributed by atoms with E-state index in [1.165, 1.54) is 4.68 Å². The van der Waals surface area contributed by atoms with Gasteiger partial charge < -0.3 is 10.1 Å². The van der Waals surface area contributed by atoms with Crippen LogP contribution in [-0.2, 0) is 16.1 Å². The number of rotatable bonds is 5. The van der Waals surface area contributed by atoms with E-state index in [1.807, 2.05) is 34.6 Å². The molecule has 0 aliphatic rings. The molecule has 0 spiro atoms. The standard InChI is InChI=1S/C19H25N3O4/c1-12(2)10-22-17(24)14-9-7-6-8-13(14)16(21-22)18(25)26-11-15(23)20-19(3,4)5/h6-9,12H,10-11H2,1-5H3,(H,20,23). The number of nitrogens with one attached hydrogen (secondary N) is 1. The summed E-state index contributed by atoms with van der Waals surface area (Å²) in [4.78, 5) is 36.9. The highest BCUT2D eigenvalue weighted by Gasteiger charge is 2.20. The van der Waals surface area contributed by atoms with Crippen LogP contribution in [0.4, 0.5) is 0 Å². The highest BCUT2D eigenvalue weighted by Crippen LogP contribution is 2.15. The van der Waals surface area contributed by atoms with Crippen LogP contribution < -0.4 is 10.9 Å². The van der Waals surface area contributed by atoms with E-state index in [4.69, 9.17) is 4.74 Å². The zero-order chi connectivity index (χ0) is 19.5. The second-order valence-electron chi connectivity index (χ2n) is 7.65. The number of aromatic nitrogens is 2. The quantitative estimate of drug-likeness (QED) is 0.826. The van der Waals surface area contributed by atoms with E-state index in [2.05, 4.69) is 10.4 Å². The van der Waals surface area contributed by atoms with E-state index in [9.17, 15) is 14.4 Å². The highest BCUT2D eigenvalue weighted by molar-refractivity contribution is 6.02. The molecule has 0 saturated heterocycles. The Labute approximate surface area is 152 Å². The van der Waals surface area contributed by atoms with Crippen LogP contribution in [0.3, 0.4) is 0 Å². The predicted molar refractivity (Wildman–Crippen MR) is 99.0 cm³/mol. The first-order chi connectivity index (χ1) is 12.1. The molecule has 0 saturated carbocycles. The van der Waals surface area contributed by atoms with Crippen molar-refractivity contribution in [1.29, 1.82) is 0 Å². The van der Waals surface area contributed by atoms with Gasteiger partial charge in [0.25, 0.3) is 11.5 Å². The number of nitrogens with zero attached hydrogens (tertiary/aromatic N) is 2. The molecule has 1 N–H and O–H groups in total. The number of fused-ring (bicyclic) bond motifs is 1. The molecule has 0 atom stereocenters. The first-order valence-corrected chi connectivity index (χ1v) is 8.56. The van der Waals surface area contributed by atoms with E-state index in [0.717, 1.165) is 0 Å². The summed E-state index contributed by atoms with van der Waals surface area (Å²) >= 11 is 0. The summed E-state index contributed by atoms with van der Waals surface area (Å²) in [6.07, 6.45) is 0. The second kappa shape index (κ2) is 7.68. The van der Waals surface area contributed by atoms with Gasteiger partial charge in [-0.3, -0.25) is 9.59 Å². The largest absolute Gasteiger partial charge is 0.451 e. The zero-order valence-corrected chi connectivity index (χ0v) is 15.8. The molecule has 1 heterocycles. The number of carbonyl (C=O) groups is 2. The van der Waals surface area contributed by atoms with Gasteiger partial charge >= 0.3 is 5.97 Å². The maximum Gasteiger partial charge on any atom is 0.359 e. The number of ether oxygens (including phenoxy) is 1. The van der Waals surface area contributed by atoms with Gasteiger partial charge in [-0.1, -0.05) is 32.0 Å². The second-order valence-corrected chi connectivity index (χ2v) is 7.65. The average Bonchev–Trinajstić information content (AvgIpc) is 2.53. The molecule has 1 amide bonds. The predicted octanol–water partition coefficient (Wildman–Crippen LogP) is 2.12. The molecule has 2 aromatic rings. The topological polar surface area (TPSA) is 90.3 Å². The van der Waals surface area contributed by atoms with Crippen molar-refractivity contribution in [3.63, 3.8) is 0 Å². The lowest BCUT2D eigenvalue weighted by Gasteiger charge is -2.20. The Bertz CT molecular complexity index is 878. The Balaban J connectivity index is 2.33. The van der Waals surface area contributed by atoms with Crippen molar-refractivity contribution >= 4 is 22.6 Å². The van der Waals surface area contributed by atoms with E-state index in [1.54, 1.807) is 24.3 Å². The first-order valence-electron chi connectivity index (χ1n) is 8.56. The molecule has 1 aromatic heterocycles. The molecule has 0 unspecified atom stereocenters. The van der Waals surface area contributed by atoms with Crippen LogP contribution in [-0.4, -0.2) is 33.8 Å². The Morgan fingerprint density at radius 3 is 2.38 bits per heavy atom. The number of benzene rings is 1. The van der Waals surface area contributed by atoms with Crippen LogP contribution in [0, 0.1) is 5.92 Å². The van der Waals surface area contributed by atoms with Crippen LogP contribution in [0.1, 0.15) is 45.1 Å². The summed E-state index contributed by atoms with van der Waals surface area (Å²) in [7, 11) is 0. The molecule has 0 aliphatic heterocycles. The Hall–Kier alpha value is -2.70. The Kier molecular flexibility index (Phi) is 5.79. The Morgan fingerprint density at radius 1 is 1.19 bits per heavy atom. The third kappa shape index (κ3) is 4.91. The van der Waals surface area contributed by atoms with E-state index in [-0.39, 0.29) is 17.2 Å². The van der Waals surface area contributed by atoms with Gasteiger partial charge in [-0.25, -0.2) is 9.48 Å². The van der Waals surface area contributed by atoms with Crippen LogP contribution in [0.15, 0.2) is 29.1 Å². The smallest absolute Gasteiger partial charge is 0.359 e. The van der Waals surface area contributed by atoms with E-state index in [0.29, 0.717) is 17.3 Å². The minimum Gasteiger partial charge on any atom is -0.451 e. The summed E-state index contributed by atoms with van der Waals surface area (Å²) in [5, 5.41) is 7.72. The minimum absolute atomic E-state index is 0.0319. The van der Waals surface area contributed by atoms with Crippen LogP contribution in [0.25, 0.3) is 10.8 Å². The molecular weight excluding hydrogens is 334 g/mol. The first kappa shape index (κ1) is 19.6. The average molecular weight is 359 g/mol. The normalized spacial score (nSPS) is 11.6. The van der Waals surface area contributed by atoms with Crippen molar-refractivity contribution < 1.29 is 14.3 Å². The van der Waals surface area contributed by atoms with Crippen molar-refractivity contribution in [2.45, 2.75) is 46.7 Å². The number of hydrogen-bond acceptors (Lipinski definition) is 5. The number of hydrogen-bond donors (Lipinski definition) is 1. The van der Waals surface area contributed by atoms with Gasteiger partial charge in [0.05, 0.1) is 5.39 Å². The lowest BCUT2D eigenvalue weighted by atomic mass is 10.1. The highest BCUT2D eigenvalue weighted by atomic mass is 16.5. The summed E-state index contributed by atoms with van der Waals surface area (Å²) in [6, 6.07) is 6.75. The maximum atomic E-state index is 12.5. The molecule has 1 aromatic carbocycles. The Morgan fingerprint density at radius 2 is 1.81 bits per heavy atom. The summed E-state index contributed by atoms with van der Waals surface area (Å²) in [5.74, 6) is -0.948. The van der Waals surface area contributed by atoms with Crippen LogP contribution in [0.2, 0.25) is 0 Å². The zero-order valence-electron chi connectivity index (χ0n) is 15.8. The van der Waals surface area contributed by atoms with Gasteiger partial charge in [-0.2, -0.15) is 5.10 Å². The fourth-order valence-corrected chi connectivity index (χ4v) is 2.51. The molecule has 2 rings (SSSR count). The fourth-order valence-electron chi connectivity index (χ4n) is 2.51. The van der Waals surface area contributed by atoms with Gasteiger partial charge in [-0.15, -0.1) is 0 Å². The lowest BCUT2D eigenvalue weighted by molar-refractivity contribution is -0.125. The van der Waals surface area contributed by atoms with Crippen molar-refractivity contribution in [3.05, 3.63) is 40.3 Å². The molecular formula is C19H25N3O4. The molecule has 7 nitrogen and oxygen atoms in total. The molecule has 0 radical (unpaired) electrons. The van der Waals surface area contributed by atoms with Gasteiger partial charge in [-0.05, 0) is 32.8 Å². The molecule has 0 fully saturated rings. The maximum absolute atomic E-state index is 12.5. The SMILES string of the molecule is CC(C)Cn1nc(C(=O)OCC(=O)NC(C)(C)C)c2ccccc2c1=O. The summed E-state index contributed by atoms with van der Waals surface area (Å²) < 4.78 is 6.39. The monoisotopic (exact) mass is 359 g/mol. The van der Waals surface area contributed by atoms with Gasteiger partial charge in [0.1, 0.15) is 0 Å². The summed E-state index contributed by atoms with van der Waals surface area (Å²) in [5.41, 5.74) is -0.639. The van der Waals surface area contributed by atoms with Crippen molar-refractivity contribution in [3.8, 4) is 0 Å². The van der Waals surface area contributed by atoms with E-state index >= 15 is 0 Å². The number of amides is 1. The van der Waals surface area contributed by atoms with Crippen LogP contribution in [0.5, 0.6) is 0 Å². The van der Waals surface area contributed by atoms with Crippen molar-refractivity contribution in [1.82, 2.24) is 15.1 Å². The molecule has 26 heavy (non-hydrogen) atoms. The van der Waals surface area contributed by atoms with Gasteiger partial charge in [0.2, 0.25) is 0 Å². The third-order valence-corrected chi connectivity index (χ3v) is 3.45. The van der Waals surface area contributed by atoms with Gasteiger partial charge in [0, 0.05) is 17.5 Å². The molecule has 140 valence electrons. The van der Waals surface area contributed by atoms with Crippen molar-refractivity contribution in [2.75, 3.05) is 6.61 Å². The summed E-state index contributed by atoms with van der Waals surface area (Å²) in [6.45, 7) is 9.40.